The molecule has 1 aromatic carbocycles. The van der Waals surface area contributed by atoms with Gasteiger partial charge in [0.1, 0.15) is 5.82 Å². The van der Waals surface area contributed by atoms with Crippen LogP contribution in [0.25, 0.3) is 11.6 Å². The van der Waals surface area contributed by atoms with Gasteiger partial charge in [0.15, 0.2) is 11.7 Å². The van der Waals surface area contributed by atoms with Crippen molar-refractivity contribution < 1.29 is 4.42 Å². The zero-order valence-corrected chi connectivity index (χ0v) is 18.6. The Morgan fingerprint density at radius 1 is 1.19 bits per heavy atom. The monoisotopic (exact) mass is 433 g/mol. The molecule has 8 heteroatoms. The van der Waals surface area contributed by atoms with E-state index in [1.807, 2.05) is 19.2 Å². The van der Waals surface area contributed by atoms with Crippen LogP contribution in [0.1, 0.15) is 30.7 Å². The van der Waals surface area contributed by atoms with E-state index in [0.29, 0.717) is 30.1 Å². The molecule has 0 bridgehead atoms. The van der Waals surface area contributed by atoms with Crippen LogP contribution in [0.2, 0.25) is 0 Å². The lowest BCUT2D eigenvalue weighted by Crippen LogP contribution is -2.56. The average molecular weight is 434 g/mol. The molecule has 2 atom stereocenters. The van der Waals surface area contributed by atoms with Crippen LogP contribution in [0.15, 0.2) is 58.1 Å². The average Bonchev–Trinajstić information content (AvgIpc) is 3.52. The van der Waals surface area contributed by atoms with Crippen molar-refractivity contribution >= 4 is 5.96 Å². The minimum absolute atomic E-state index is 0.547. The minimum atomic E-state index is 0.547. The topological polar surface area (TPSA) is 85.6 Å². The number of aromatic nitrogens is 3. The van der Waals surface area contributed by atoms with Gasteiger partial charge in [-0.3, -0.25) is 15.0 Å². The first kappa shape index (κ1) is 20.8. The number of likely N-dealkylation sites (tertiary alicyclic amines) is 2. The largest absolute Gasteiger partial charge is 0.461 e. The van der Waals surface area contributed by atoms with Gasteiger partial charge in [0.2, 0.25) is 5.82 Å². The summed E-state index contributed by atoms with van der Waals surface area (Å²) in [5.41, 5.74) is 1.41. The maximum Gasteiger partial charge on any atom is 0.216 e. The lowest BCUT2D eigenvalue weighted by Gasteiger charge is -2.48. The molecule has 0 aliphatic carbocycles. The second-order valence-electron chi connectivity index (χ2n) is 8.64. The number of nitrogens with one attached hydrogen (secondary N) is 2. The molecule has 2 N–H and O–H groups in total. The number of rotatable bonds is 5. The molecule has 8 nitrogen and oxygen atoms in total. The van der Waals surface area contributed by atoms with E-state index in [1.54, 1.807) is 6.26 Å². The Morgan fingerprint density at radius 2 is 2.09 bits per heavy atom. The van der Waals surface area contributed by atoms with Crippen molar-refractivity contribution in [3.8, 4) is 11.6 Å². The van der Waals surface area contributed by atoms with Crippen molar-refractivity contribution in [3.63, 3.8) is 0 Å². The van der Waals surface area contributed by atoms with E-state index in [0.717, 1.165) is 31.4 Å². The van der Waals surface area contributed by atoms with E-state index in [2.05, 4.69) is 65.6 Å². The number of nitrogens with zero attached hydrogens (tertiary/aromatic N) is 5. The molecule has 32 heavy (non-hydrogen) atoms. The molecule has 2 aliphatic heterocycles. The smallest absolute Gasteiger partial charge is 0.216 e. The number of H-pyrrole nitrogens is 1. The van der Waals surface area contributed by atoms with Crippen LogP contribution in [0.3, 0.4) is 0 Å². The number of hydrogen-bond donors (Lipinski definition) is 2. The Labute approximate surface area is 188 Å². The molecule has 2 aromatic heterocycles. The molecule has 0 saturated carbocycles. The first-order valence-corrected chi connectivity index (χ1v) is 11.5. The lowest BCUT2D eigenvalue weighted by atomic mass is 9.83. The van der Waals surface area contributed by atoms with Crippen LogP contribution in [-0.2, 0) is 13.1 Å². The maximum atomic E-state index is 5.37. The van der Waals surface area contributed by atoms with Crippen LogP contribution in [0.5, 0.6) is 0 Å². The molecule has 168 valence electrons. The van der Waals surface area contributed by atoms with E-state index in [9.17, 15) is 0 Å². The molecule has 2 aliphatic rings. The van der Waals surface area contributed by atoms with Crippen molar-refractivity contribution in [1.29, 1.82) is 0 Å². The number of guanidine groups is 1. The zero-order valence-electron chi connectivity index (χ0n) is 18.6. The van der Waals surface area contributed by atoms with Gasteiger partial charge in [-0.25, -0.2) is 4.98 Å². The number of aromatic amines is 1. The quantitative estimate of drug-likeness (QED) is 0.475. The van der Waals surface area contributed by atoms with Gasteiger partial charge in [-0.15, -0.1) is 5.10 Å². The Balaban J connectivity index is 1.18. The van der Waals surface area contributed by atoms with E-state index in [4.69, 9.17) is 4.42 Å². The number of benzene rings is 1. The lowest BCUT2D eigenvalue weighted by molar-refractivity contribution is 0.0372. The van der Waals surface area contributed by atoms with Crippen LogP contribution in [0.4, 0.5) is 0 Å². The second kappa shape index (κ2) is 9.56. The summed E-state index contributed by atoms with van der Waals surface area (Å²) in [7, 11) is 1.85. The van der Waals surface area contributed by atoms with Crippen molar-refractivity contribution in [2.45, 2.75) is 38.4 Å². The molecule has 3 aromatic rings. The summed E-state index contributed by atoms with van der Waals surface area (Å²) in [6, 6.07) is 15.2. The molecule has 0 amide bonds. The molecule has 0 spiro atoms. The standard InChI is InChI=1S/C24H31N7O/c1-25-24(26-15-22-27-23(29-28-22)21-10-6-14-32-21)31-13-11-20-19(17-31)9-5-12-30(20)16-18-7-3-2-4-8-18/h2-4,6-8,10,14,19-20H,5,9,11-13,15-17H2,1H3,(H,25,26)(H,27,28,29). The number of piperidine rings is 2. The Morgan fingerprint density at radius 3 is 2.91 bits per heavy atom. The van der Waals surface area contributed by atoms with E-state index in [-0.39, 0.29) is 0 Å². The van der Waals surface area contributed by atoms with Crippen molar-refractivity contribution in [1.82, 2.24) is 30.3 Å². The van der Waals surface area contributed by atoms with Gasteiger partial charge in [-0.05, 0) is 49.4 Å². The van der Waals surface area contributed by atoms with Gasteiger partial charge in [-0.1, -0.05) is 30.3 Å². The first-order valence-electron chi connectivity index (χ1n) is 11.5. The Bertz CT molecular complexity index is 1010. The van der Waals surface area contributed by atoms with Gasteiger partial charge < -0.3 is 14.6 Å². The predicted octanol–water partition coefficient (Wildman–Crippen LogP) is 3.13. The van der Waals surface area contributed by atoms with Crippen LogP contribution in [0, 0.1) is 5.92 Å². The van der Waals surface area contributed by atoms with Crippen LogP contribution < -0.4 is 5.32 Å². The fraction of sp³-hybridized carbons (Fsp3) is 0.458. The van der Waals surface area contributed by atoms with Gasteiger partial charge in [0, 0.05) is 32.7 Å². The highest BCUT2D eigenvalue weighted by molar-refractivity contribution is 5.80. The summed E-state index contributed by atoms with van der Waals surface area (Å²) < 4.78 is 5.37. The highest BCUT2D eigenvalue weighted by atomic mass is 16.3. The molecule has 2 unspecified atom stereocenters. The highest BCUT2D eigenvalue weighted by Gasteiger charge is 2.36. The summed E-state index contributed by atoms with van der Waals surface area (Å²) in [6.07, 6.45) is 5.35. The molecular weight excluding hydrogens is 402 g/mol. The normalized spacial score (nSPS) is 22.0. The van der Waals surface area contributed by atoms with Gasteiger partial charge in [0.25, 0.3) is 0 Å². The number of aliphatic imine (C=N–C) groups is 1. The third-order valence-electron chi connectivity index (χ3n) is 6.61. The summed E-state index contributed by atoms with van der Waals surface area (Å²) in [6.45, 7) is 4.86. The maximum absolute atomic E-state index is 5.37. The predicted molar refractivity (Wildman–Crippen MR) is 124 cm³/mol. The SMILES string of the molecule is CN=C(NCc1nc(-c2ccco2)n[nH]1)N1CCC2C(CCCN2Cc2ccccc2)C1. The molecular formula is C24H31N7O. The van der Waals surface area contributed by atoms with Crippen molar-refractivity contribution in [2.75, 3.05) is 26.7 Å². The fourth-order valence-electron chi connectivity index (χ4n) is 5.10. The molecule has 0 radical (unpaired) electrons. The molecule has 5 rings (SSSR count). The molecule has 2 fully saturated rings. The Hall–Kier alpha value is -3.13. The molecule has 2 saturated heterocycles. The first-order chi connectivity index (χ1) is 15.8. The second-order valence-corrected chi connectivity index (χ2v) is 8.64. The number of hydrogen-bond acceptors (Lipinski definition) is 5. The van der Waals surface area contributed by atoms with E-state index >= 15 is 0 Å². The van der Waals surface area contributed by atoms with Crippen LogP contribution >= 0.6 is 0 Å². The highest BCUT2D eigenvalue weighted by Crippen LogP contribution is 2.31. The van der Waals surface area contributed by atoms with Crippen molar-refractivity contribution in [3.05, 3.63) is 60.1 Å². The van der Waals surface area contributed by atoms with Gasteiger partial charge in [-0.2, -0.15) is 0 Å². The van der Waals surface area contributed by atoms with Gasteiger partial charge >= 0.3 is 0 Å². The zero-order chi connectivity index (χ0) is 21.8. The summed E-state index contributed by atoms with van der Waals surface area (Å²) in [5, 5.41) is 10.7. The summed E-state index contributed by atoms with van der Waals surface area (Å²) in [5.74, 6) is 3.61. The third kappa shape index (κ3) is 4.55. The van der Waals surface area contributed by atoms with Crippen LogP contribution in [-0.4, -0.2) is 63.7 Å². The summed E-state index contributed by atoms with van der Waals surface area (Å²) >= 11 is 0. The summed E-state index contributed by atoms with van der Waals surface area (Å²) in [4.78, 5) is 14.2. The third-order valence-corrected chi connectivity index (χ3v) is 6.61. The number of furan rings is 1. The Kier molecular flexibility index (Phi) is 6.20. The fourth-order valence-corrected chi connectivity index (χ4v) is 5.10. The van der Waals surface area contributed by atoms with E-state index < -0.39 is 0 Å². The number of fused-ring (bicyclic) bond motifs is 1. The van der Waals surface area contributed by atoms with Gasteiger partial charge in [0.05, 0.1) is 12.8 Å². The minimum Gasteiger partial charge on any atom is -0.461 e. The molecule has 4 heterocycles. The van der Waals surface area contributed by atoms with E-state index in [1.165, 1.54) is 31.4 Å². The van der Waals surface area contributed by atoms with Crippen molar-refractivity contribution in [2.24, 2.45) is 10.9 Å².